The minimum atomic E-state index is 0.226. The van der Waals surface area contributed by atoms with Crippen molar-refractivity contribution in [3.05, 3.63) is 0 Å². The maximum Gasteiger partial charge on any atom is 0.224 e. The van der Waals surface area contributed by atoms with Gasteiger partial charge in [0.15, 0.2) is 0 Å². The van der Waals surface area contributed by atoms with Crippen molar-refractivity contribution in [3.63, 3.8) is 0 Å². The number of ether oxygens (including phenoxy) is 2. The number of hydrogen-bond donors (Lipinski definition) is 0. The third kappa shape index (κ3) is 8.55. The van der Waals surface area contributed by atoms with Gasteiger partial charge in [-0.25, -0.2) is 0 Å². The van der Waals surface area contributed by atoms with Gasteiger partial charge in [-0.15, -0.1) is 0 Å². The summed E-state index contributed by atoms with van der Waals surface area (Å²) in [4.78, 5) is 32.5. The largest absolute Gasteiger partial charge is 0.378 e. The van der Waals surface area contributed by atoms with Crippen molar-refractivity contribution in [2.24, 2.45) is 0 Å². The summed E-state index contributed by atoms with van der Waals surface area (Å²) in [6.45, 7) is 8.98. The lowest BCUT2D eigenvalue weighted by Crippen LogP contribution is -2.42. The predicted octanol–water partition coefficient (Wildman–Crippen LogP) is -0.262. The Morgan fingerprint density at radius 2 is 1.07 bits per heavy atom. The van der Waals surface area contributed by atoms with Gasteiger partial charge in [0, 0.05) is 52.1 Å². The maximum absolute atomic E-state index is 12.2. The molecule has 2 fully saturated rings. The van der Waals surface area contributed by atoms with Crippen LogP contribution in [-0.4, -0.2) is 124 Å². The third-order valence-electron chi connectivity index (χ3n) is 5.22. The van der Waals surface area contributed by atoms with E-state index in [1.165, 1.54) is 0 Å². The molecule has 0 aromatic carbocycles. The van der Waals surface area contributed by atoms with E-state index in [9.17, 15) is 9.59 Å². The minimum Gasteiger partial charge on any atom is -0.378 e. The molecule has 8 nitrogen and oxygen atoms in total. The highest BCUT2D eigenvalue weighted by molar-refractivity contribution is 5.76. The highest BCUT2D eigenvalue weighted by Gasteiger charge is 2.18. The first-order valence-corrected chi connectivity index (χ1v) is 10.1. The van der Waals surface area contributed by atoms with Crippen molar-refractivity contribution in [3.8, 4) is 0 Å². The van der Waals surface area contributed by atoms with Crippen LogP contribution in [0.4, 0.5) is 0 Å². The number of amides is 2. The fourth-order valence-corrected chi connectivity index (χ4v) is 3.35. The summed E-state index contributed by atoms with van der Waals surface area (Å²) in [7, 11) is 4.13. The maximum atomic E-state index is 12.2. The second kappa shape index (κ2) is 12.3. The molecule has 0 radical (unpaired) electrons. The zero-order chi connectivity index (χ0) is 19.5. The molecule has 0 aliphatic carbocycles. The van der Waals surface area contributed by atoms with Crippen molar-refractivity contribution in [2.75, 3.05) is 92.9 Å². The second-order valence-corrected chi connectivity index (χ2v) is 7.45. The second-order valence-electron chi connectivity index (χ2n) is 7.45. The molecule has 8 heteroatoms. The molecule has 0 atom stereocenters. The summed E-state index contributed by atoms with van der Waals surface area (Å²) in [5, 5.41) is 0. The quantitative estimate of drug-likeness (QED) is 0.517. The van der Waals surface area contributed by atoms with Gasteiger partial charge in [-0.3, -0.25) is 9.59 Å². The lowest BCUT2D eigenvalue weighted by Gasteiger charge is -2.28. The standard InChI is InChI=1S/C19H36N4O4/c1-20(8-4-18(24)22-10-14-26-15-11-22)6-3-7-21(2)9-5-19(25)23-12-16-27-17-13-23/h3-17H2,1-2H3. The van der Waals surface area contributed by atoms with Gasteiger partial charge in [-0.05, 0) is 33.6 Å². The molecule has 0 aromatic rings. The summed E-state index contributed by atoms with van der Waals surface area (Å²) in [5.41, 5.74) is 0. The molecule has 0 saturated carbocycles. The van der Waals surface area contributed by atoms with E-state index in [0.29, 0.717) is 39.3 Å². The fourth-order valence-electron chi connectivity index (χ4n) is 3.35. The number of rotatable bonds is 10. The molecule has 2 aliphatic heterocycles. The summed E-state index contributed by atoms with van der Waals surface area (Å²) in [6.07, 6.45) is 2.17. The van der Waals surface area contributed by atoms with Crippen LogP contribution in [0.5, 0.6) is 0 Å². The van der Waals surface area contributed by atoms with E-state index in [2.05, 4.69) is 23.9 Å². The van der Waals surface area contributed by atoms with Crippen molar-refractivity contribution < 1.29 is 19.1 Å². The smallest absolute Gasteiger partial charge is 0.224 e. The van der Waals surface area contributed by atoms with Gasteiger partial charge in [0.05, 0.1) is 26.4 Å². The van der Waals surface area contributed by atoms with Gasteiger partial charge in [0.25, 0.3) is 0 Å². The zero-order valence-corrected chi connectivity index (χ0v) is 17.0. The molecule has 0 spiro atoms. The van der Waals surface area contributed by atoms with E-state index in [1.54, 1.807) is 0 Å². The van der Waals surface area contributed by atoms with Gasteiger partial charge in [0.1, 0.15) is 0 Å². The Kier molecular flexibility index (Phi) is 10.0. The molecule has 2 amide bonds. The van der Waals surface area contributed by atoms with Crippen LogP contribution in [0.25, 0.3) is 0 Å². The molecule has 156 valence electrons. The normalized spacial score (nSPS) is 18.4. The van der Waals surface area contributed by atoms with E-state index in [0.717, 1.165) is 58.8 Å². The van der Waals surface area contributed by atoms with Crippen LogP contribution in [-0.2, 0) is 19.1 Å². The molecule has 2 saturated heterocycles. The predicted molar refractivity (Wildman–Crippen MR) is 104 cm³/mol. The van der Waals surface area contributed by atoms with Crippen molar-refractivity contribution in [1.82, 2.24) is 19.6 Å². The molecule has 2 rings (SSSR count). The number of carbonyl (C=O) groups is 2. The average molecular weight is 385 g/mol. The molecule has 27 heavy (non-hydrogen) atoms. The Bertz CT molecular complexity index is 411. The monoisotopic (exact) mass is 384 g/mol. The molecular weight excluding hydrogens is 348 g/mol. The highest BCUT2D eigenvalue weighted by atomic mass is 16.5. The van der Waals surface area contributed by atoms with Gasteiger partial charge >= 0.3 is 0 Å². The average Bonchev–Trinajstić information content (AvgIpc) is 2.71. The molecule has 2 heterocycles. The summed E-state index contributed by atoms with van der Waals surface area (Å²) in [5.74, 6) is 0.452. The first kappa shape index (κ1) is 22.1. The van der Waals surface area contributed by atoms with Gasteiger partial charge in [0.2, 0.25) is 11.8 Å². The summed E-state index contributed by atoms with van der Waals surface area (Å²) in [6, 6.07) is 0. The van der Waals surface area contributed by atoms with Crippen molar-refractivity contribution >= 4 is 11.8 Å². The van der Waals surface area contributed by atoms with Crippen LogP contribution < -0.4 is 0 Å². The molecule has 0 unspecified atom stereocenters. The topological polar surface area (TPSA) is 65.6 Å². The number of carbonyl (C=O) groups excluding carboxylic acids is 2. The number of hydrogen-bond acceptors (Lipinski definition) is 6. The van der Waals surface area contributed by atoms with Crippen LogP contribution in [0.3, 0.4) is 0 Å². The molecular formula is C19H36N4O4. The third-order valence-corrected chi connectivity index (χ3v) is 5.22. The van der Waals surface area contributed by atoms with Crippen LogP contribution in [0.1, 0.15) is 19.3 Å². The number of nitrogens with zero attached hydrogens (tertiary/aromatic N) is 4. The van der Waals surface area contributed by atoms with E-state index in [-0.39, 0.29) is 11.8 Å². The Morgan fingerprint density at radius 1 is 0.704 bits per heavy atom. The van der Waals surface area contributed by atoms with Crippen LogP contribution >= 0.6 is 0 Å². The SMILES string of the molecule is CN(CCCN(C)CCC(=O)N1CCOCC1)CCC(=O)N1CCOCC1. The summed E-state index contributed by atoms with van der Waals surface area (Å²) >= 11 is 0. The van der Waals surface area contributed by atoms with E-state index >= 15 is 0 Å². The lowest BCUT2D eigenvalue weighted by atomic mass is 10.3. The van der Waals surface area contributed by atoms with Crippen molar-refractivity contribution in [1.29, 1.82) is 0 Å². The van der Waals surface area contributed by atoms with Gasteiger partial charge < -0.3 is 29.1 Å². The van der Waals surface area contributed by atoms with Gasteiger partial charge in [-0.1, -0.05) is 0 Å². The van der Waals surface area contributed by atoms with E-state index in [1.807, 2.05) is 9.80 Å². The Morgan fingerprint density at radius 3 is 1.44 bits per heavy atom. The molecule has 0 bridgehead atoms. The molecule has 0 aromatic heterocycles. The van der Waals surface area contributed by atoms with E-state index in [4.69, 9.17) is 9.47 Å². The Labute approximate surface area is 163 Å². The fraction of sp³-hybridized carbons (Fsp3) is 0.895. The lowest BCUT2D eigenvalue weighted by molar-refractivity contribution is -0.136. The van der Waals surface area contributed by atoms with Crippen LogP contribution in [0, 0.1) is 0 Å². The Balaban J connectivity index is 1.50. The molecule has 2 aliphatic rings. The van der Waals surface area contributed by atoms with Gasteiger partial charge in [-0.2, -0.15) is 0 Å². The van der Waals surface area contributed by atoms with Crippen LogP contribution in [0.15, 0.2) is 0 Å². The van der Waals surface area contributed by atoms with Crippen molar-refractivity contribution in [2.45, 2.75) is 19.3 Å². The van der Waals surface area contributed by atoms with E-state index < -0.39 is 0 Å². The molecule has 0 N–H and O–H groups in total. The van der Waals surface area contributed by atoms with Crippen LogP contribution in [0.2, 0.25) is 0 Å². The first-order valence-electron chi connectivity index (χ1n) is 10.1. The number of morpholine rings is 2. The Hall–Kier alpha value is -1.22. The summed E-state index contributed by atoms with van der Waals surface area (Å²) < 4.78 is 10.6. The highest BCUT2D eigenvalue weighted by Crippen LogP contribution is 2.03. The zero-order valence-electron chi connectivity index (χ0n) is 17.0. The first-order chi connectivity index (χ1) is 13.1. The minimum absolute atomic E-state index is 0.226.